The van der Waals surface area contributed by atoms with Crippen LogP contribution in [0.1, 0.15) is 50.8 Å². The average Bonchev–Trinajstić information content (AvgIpc) is 2.99. The van der Waals surface area contributed by atoms with Gasteiger partial charge < -0.3 is 21.1 Å². The van der Waals surface area contributed by atoms with Crippen LogP contribution >= 0.6 is 0 Å². The lowest BCUT2D eigenvalue weighted by Crippen LogP contribution is -2.29. The van der Waals surface area contributed by atoms with Gasteiger partial charge in [-0.05, 0) is 68.0 Å². The van der Waals surface area contributed by atoms with Crippen LogP contribution in [-0.4, -0.2) is 48.1 Å². The van der Waals surface area contributed by atoms with Crippen LogP contribution in [0, 0.1) is 17.8 Å². The van der Waals surface area contributed by atoms with Crippen molar-refractivity contribution >= 4 is 29.2 Å². The smallest absolute Gasteiger partial charge is 0.229 e. The quantitative estimate of drug-likeness (QED) is 0.240. The lowest BCUT2D eigenvalue weighted by Gasteiger charge is -2.27. The van der Waals surface area contributed by atoms with Crippen LogP contribution in [0.15, 0.2) is 67.3 Å². The van der Waals surface area contributed by atoms with Crippen LogP contribution in [0.5, 0.6) is 0 Å². The third kappa shape index (κ3) is 7.62. The van der Waals surface area contributed by atoms with E-state index in [0.717, 1.165) is 48.2 Å². The monoisotopic (exact) mass is 548 g/mol. The van der Waals surface area contributed by atoms with Crippen molar-refractivity contribution in [2.75, 3.05) is 16.0 Å². The Bertz CT molecular complexity index is 1540. The lowest BCUT2D eigenvalue weighted by molar-refractivity contribution is -0.118. The molecule has 0 saturated heterocycles. The largest absolute Gasteiger partial charge is 0.393 e. The fourth-order valence-corrected chi connectivity index (χ4v) is 4.34. The number of hydrogen-bond acceptors (Lipinski definition) is 9. The summed E-state index contributed by atoms with van der Waals surface area (Å²) in [5, 5.41) is 19.5. The first-order valence-electron chi connectivity index (χ1n) is 13.7. The molecule has 0 radical (unpaired) electrons. The molecular weight excluding hydrogens is 516 g/mol. The van der Waals surface area contributed by atoms with E-state index in [1.165, 1.54) is 6.33 Å². The average molecular weight is 549 g/mol. The number of aliphatic hydroxyl groups excluding tert-OH is 1. The second-order valence-electron chi connectivity index (χ2n) is 10.2. The van der Waals surface area contributed by atoms with Crippen LogP contribution in [0.4, 0.5) is 23.3 Å². The van der Waals surface area contributed by atoms with E-state index in [9.17, 15) is 9.90 Å². The topological polar surface area (TPSA) is 138 Å². The van der Waals surface area contributed by atoms with Gasteiger partial charge in [0.15, 0.2) is 0 Å². The SMILES string of the molecule is CC(C)C(=O)Nc1cc(C#Cc2ccc(Nc3ncc(-c4ccccn4)c(NC4CCC(O)CC4)n3)cc2)ncn1. The standard InChI is InChI=1S/C31H32N8O2/c1-20(2)30(41)38-28-17-24(34-19-35-28)11-8-21-6-9-23(10-7-21)37-31-33-18-26(27-5-3-4-16-32-27)29(39-31)36-22-12-14-25(40)15-13-22/h3-7,9-10,16-20,22,25,40H,12-15H2,1-2H3,(H2,33,36,37,39)(H,34,35,38,41). The molecule has 1 aromatic carbocycles. The third-order valence-corrected chi connectivity index (χ3v) is 6.69. The Morgan fingerprint density at radius 1 is 0.976 bits per heavy atom. The normalized spacial score (nSPS) is 16.4. The van der Waals surface area contributed by atoms with Gasteiger partial charge in [-0.2, -0.15) is 4.98 Å². The van der Waals surface area contributed by atoms with E-state index in [1.807, 2.05) is 56.3 Å². The Morgan fingerprint density at radius 3 is 2.51 bits per heavy atom. The Balaban J connectivity index is 1.29. The van der Waals surface area contributed by atoms with Gasteiger partial charge >= 0.3 is 0 Å². The summed E-state index contributed by atoms with van der Waals surface area (Å²) in [6, 6.07) is 15.2. The van der Waals surface area contributed by atoms with Gasteiger partial charge in [0.25, 0.3) is 0 Å². The number of benzene rings is 1. The molecule has 4 aromatic rings. The molecule has 208 valence electrons. The molecule has 0 atom stereocenters. The number of anilines is 4. The van der Waals surface area contributed by atoms with E-state index in [1.54, 1.807) is 18.5 Å². The van der Waals surface area contributed by atoms with Crippen molar-refractivity contribution in [3.05, 3.63) is 78.5 Å². The summed E-state index contributed by atoms with van der Waals surface area (Å²) in [5.74, 6) is 7.43. The van der Waals surface area contributed by atoms with Gasteiger partial charge in [0, 0.05) is 41.7 Å². The Morgan fingerprint density at radius 2 is 1.78 bits per heavy atom. The summed E-state index contributed by atoms with van der Waals surface area (Å²) >= 11 is 0. The maximum absolute atomic E-state index is 11.9. The van der Waals surface area contributed by atoms with Crippen LogP contribution in [-0.2, 0) is 4.79 Å². The van der Waals surface area contributed by atoms with Crippen molar-refractivity contribution in [1.29, 1.82) is 0 Å². The van der Waals surface area contributed by atoms with E-state index >= 15 is 0 Å². The molecule has 1 saturated carbocycles. The van der Waals surface area contributed by atoms with E-state index < -0.39 is 0 Å². The molecular formula is C31H32N8O2. The van der Waals surface area contributed by atoms with Crippen molar-refractivity contribution in [1.82, 2.24) is 24.9 Å². The summed E-state index contributed by atoms with van der Waals surface area (Å²) in [7, 11) is 0. The van der Waals surface area contributed by atoms with Gasteiger partial charge in [-0.3, -0.25) is 9.78 Å². The summed E-state index contributed by atoms with van der Waals surface area (Å²) in [5.41, 5.74) is 3.74. The number of carbonyl (C=O) groups excluding carboxylic acids is 1. The number of pyridine rings is 1. The number of amides is 1. The number of hydrogen-bond donors (Lipinski definition) is 4. The van der Waals surface area contributed by atoms with E-state index in [2.05, 4.69) is 47.7 Å². The van der Waals surface area contributed by atoms with Gasteiger partial charge in [-0.15, -0.1) is 0 Å². The zero-order chi connectivity index (χ0) is 28.6. The molecule has 0 aliphatic heterocycles. The fraction of sp³-hybridized carbons (Fsp3) is 0.290. The van der Waals surface area contributed by atoms with Gasteiger partial charge in [-0.25, -0.2) is 15.0 Å². The predicted molar refractivity (Wildman–Crippen MR) is 158 cm³/mol. The van der Waals surface area contributed by atoms with E-state index in [-0.39, 0.29) is 24.0 Å². The van der Waals surface area contributed by atoms with Gasteiger partial charge in [0.2, 0.25) is 11.9 Å². The van der Waals surface area contributed by atoms with Crippen LogP contribution < -0.4 is 16.0 Å². The second kappa shape index (κ2) is 13.0. The van der Waals surface area contributed by atoms with Crippen LogP contribution in [0.25, 0.3) is 11.3 Å². The molecule has 0 unspecified atom stereocenters. The molecule has 41 heavy (non-hydrogen) atoms. The van der Waals surface area contributed by atoms with E-state index in [0.29, 0.717) is 23.3 Å². The van der Waals surface area contributed by atoms with Crippen molar-refractivity contribution in [2.24, 2.45) is 5.92 Å². The first kappa shape index (κ1) is 27.7. The fourth-order valence-electron chi connectivity index (χ4n) is 4.34. The molecule has 1 amide bonds. The summed E-state index contributed by atoms with van der Waals surface area (Å²) in [6.07, 6.45) is 7.98. The van der Waals surface area contributed by atoms with Gasteiger partial charge in [-0.1, -0.05) is 25.8 Å². The first-order chi connectivity index (χ1) is 19.9. The number of aromatic nitrogens is 5. The van der Waals surface area contributed by atoms with Crippen LogP contribution in [0.2, 0.25) is 0 Å². The first-order valence-corrected chi connectivity index (χ1v) is 13.7. The highest BCUT2D eigenvalue weighted by Crippen LogP contribution is 2.29. The Hall–Kier alpha value is -4.88. The minimum Gasteiger partial charge on any atom is -0.393 e. The molecule has 1 aliphatic carbocycles. The lowest BCUT2D eigenvalue weighted by atomic mass is 9.93. The molecule has 3 heterocycles. The zero-order valence-corrected chi connectivity index (χ0v) is 23.0. The van der Waals surface area contributed by atoms with Crippen LogP contribution in [0.3, 0.4) is 0 Å². The molecule has 4 N–H and O–H groups in total. The Labute approximate surface area is 239 Å². The molecule has 0 bridgehead atoms. The summed E-state index contributed by atoms with van der Waals surface area (Å²) < 4.78 is 0. The molecule has 1 aliphatic rings. The number of carbonyl (C=O) groups is 1. The molecule has 3 aromatic heterocycles. The number of nitrogens with one attached hydrogen (secondary N) is 3. The predicted octanol–water partition coefficient (Wildman–Crippen LogP) is 4.78. The van der Waals surface area contributed by atoms with Crippen molar-refractivity contribution in [3.8, 4) is 23.1 Å². The highest BCUT2D eigenvalue weighted by atomic mass is 16.3. The molecule has 0 spiro atoms. The van der Waals surface area contributed by atoms with Crippen molar-refractivity contribution < 1.29 is 9.90 Å². The number of nitrogens with zero attached hydrogens (tertiary/aromatic N) is 5. The van der Waals surface area contributed by atoms with Gasteiger partial charge in [0.05, 0.1) is 17.4 Å². The molecule has 10 nitrogen and oxygen atoms in total. The Kier molecular flexibility index (Phi) is 8.76. The molecule has 5 rings (SSSR count). The third-order valence-electron chi connectivity index (χ3n) is 6.69. The minimum atomic E-state index is -0.227. The maximum Gasteiger partial charge on any atom is 0.229 e. The number of aliphatic hydroxyl groups is 1. The maximum atomic E-state index is 11.9. The zero-order valence-electron chi connectivity index (χ0n) is 23.0. The molecule has 1 fully saturated rings. The second-order valence-corrected chi connectivity index (χ2v) is 10.2. The van der Waals surface area contributed by atoms with Crippen molar-refractivity contribution in [3.63, 3.8) is 0 Å². The minimum absolute atomic E-state index is 0.113. The van der Waals surface area contributed by atoms with Crippen molar-refractivity contribution in [2.45, 2.75) is 51.7 Å². The summed E-state index contributed by atoms with van der Waals surface area (Å²) in [6.45, 7) is 3.64. The summed E-state index contributed by atoms with van der Waals surface area (Å²) in [4.78, 5) is 34.0. The van der Waals surface area contributed by atoms with E-state index in [4.69, 9.17) is 4.98 Å². The highest BCUT2D eigenvalue weighted by molar-refractivity contribution is 5.91. The molecule has 10 heteroatoms. The van der Waals surface area contributed by atoms with Gasteiger partial charge in [0.1, 0.15) is 23.7 Å². The highest BCUT2D eigenvalue weighted by Gasteiger charge is 2.21. The number of rotatable bonds is 7.